The van der Waals surface area contributed by atoms with Gasteiger partial charge < -0.3 is 5.11 Å². The van der Waals surface area contributed by atoms with Crippen molar-refractivity contribution in [3.8, 4) is 0 Å². The van der Waals surface area contributed by atoms with E-state index in [1.807, 2.05) is 6.92 Å². The first-order valence-electron chi connectivity index (χ1n) is 5.25. The number of nitrogens with zero attached hydrogens (tertiary/aromatic N) is 1. The number of fused-ring (bicyclic) bond motifs is 1. The van der Waals surface area contributed by atoms with E-state index in [1.54, 1.807) is 18.2 Å². The average molecular weight is 308 g/mol. The smallest absolute Gasteiger partial charge is 0.355 e. The maximum absolute atomic E-state index is 11.6. The fraction of sp³-hybridized carbons (Fsp3) is 0.154. The summed E-state index contributed by atoms with van der Waals surface area (Å²) in [7, 11) is 0. The van der Waals surface area contributed by atoms with Gasteiger partial charge in [-0.1, -0.05) is 0 Å². The highest BCUT2D eigenvalue weighted by Gasteiger charge is 2.15. The molecule has 1 aromatic heterocycles. The molecule has 4 nitrogen and oxygen atoms in total. The van der Waals surface area contributed by atoms with Gasteiger partial charge in [0.15, 0.2) is 11.5 Å². The van der Waals surface area contributed by atoms with Gasteiger partial charge in [0, 0.05) is 10.9 Å². The summed E-state index contributed by atoms with van der Waals surface area (Å²) in [5, 5.41) is 9.67. The van der Waals surface area contributed by atoms with Crippen LogP contribution in [0.2, 0.25) is 0 Å². The molecule has 0 atom stereocenters. The number of hydrogen-bond donors (Lipinski definition) is 1. The lowest BCUT2D eigenvalue weighted by molar-refractivity contribution is 0.0689. The Morgan fingerprint density at radius 2 is 1.94 bits per heavy atom. The number of aryl methyl sites for hydroxylation is 1. The minimum Gasteiger partial charge on any atom is -0.476 e. The number of hydrogen-bond acceptors (Lipinski definition) is 3. The van der Waals surface area contributed by atoms with E-state index in [4.69, 9.17) is 5.11 Å². The summed E-state index contributed by atoms with van der Waals surface area (Å²) in [6, 6.07) is 5.17. The minimum atomic E-state index is -1.10. The number of Topliss-reactive ketones (excluding diaryl/α,β-unsaturated/α-hetero) is 1. The highest BCUT2D eigenvalue weighted by molar-refractivity contribution is 9.10. The van der Waals surface area contributed by atoms with Gasteiger partial charge in [0.05, 0.1) is 9.99 Å². The summed E-state index contributed by atoms with van der Waals surface area (Å²) >= 11 is 3.17. The highest BCUT2D eigenvalue weighted by atomic mass is 79.9. The molecule has 0 fully saturated rings. The fourth-order valence-corrected chi connectivity index (χ4v) is 2.32. The van der Waals surface area contributed by atoms with Crippen molar-refractivity contribution in [2.75, 3.05) is 0 Å². The van der Waals surface area contributed by atoms with E-state index >= 15 is 0 Å². The van der Waals surface area contributed by atoms with Crippen LogP contribution in [0.25, 0.3) is 10.9 Å². The SMILES string of the molecule is CC(=O)c1cc(C)cc2nc(C(=O)O)c(Br)cc12. The lowest BCUT2D eigenvalue weighted by atomic mass is 10.0. The molecule has 0 bridgehead atoms. The van der Waals surface area contributed by atoms with E-state index in [9.17, 15) is 9.59 Å². The predicted molar refractivity (Wildman–Crippen MR) is 71.1 cm³/mol. The Bertz CT molecular complexity index is 679. The first-order chi connectivity index (χ1) is 8.40. The van der Waals surface area contributed by atoms with Crippen LogP contribution in [-0.4, -0.2) is 21.8 Å². The zero-order valence-corrected chi connectivity index (χ0v) is 11.4. The molecule has 0 aliphatic rings. The van der Waals surface area contributed by atoms with Crippen molar-refractivity contribution in [2.45, 2.75) is 13.8 Å². The number of aromatic nitrogens is 1. The van der Waals surface area contributed by atoms with Crippen molar-refractivity contribution < 1.29 is 14.7 Å². The second-order valence-corrected chi connectivity index (χ2v) is 4.91. The van der Waals surface area contributed by atoms with E-state index in [0.29, 0.717) is 20.9 Å². The van der Waals surface area contributed by atoms with E-state index in [-0.39, 0.29) is 11.5 Å². The average Bonchev–Trinajstić information content (AvgIpc) is 2.27. The van der Waals surface area contributed by atoms with Gasteiger partial charge in [-0.05, 0) is 53.5 Å². The molecule has 1 aromatic carbocycles. The Morgan fingerprint density at radius 1 is 1.28 bits per heavy atom. The van der Waals surface area contributed by atoms with Crippen molar-refractivity contribution in [1.29, 1.82) is 0 Å². The Kier molecular flexibility index (Phi) is 3.17. The van der Waals surface area contributed by atoms with Gasteiger partial charge in [0.25, 0.3) is 0 Å². The Labute approximate surface area is 112 Å². The monoisotopic (exact) mass is 307 g/mol. The maximum atomic E-state index is 11.6. The van der Waals surface area contributed by atoms with Gasteiger partial charge in [0.1, 0.15) is 0 Å². The zero-order chi connectivity index (χ0) is 13.4. The van der Waals surface area contributed by atoms with Crippen LogP contribution in [0.5, 0.6) is 0 Å². The molecule has 18 heavy (non-hydrogen) atoms. The van der Waals surface area contributed by atoms with Gasteiger partial charge >= 0.3 is 5.97 Å². The summed E-state index contributed by atoms with van der Waals surface area (Å²) in [6.07, 6.45) is 0. The van der Waals surface area contributed by atoms with Gasteiger partial charge in [-0.3, -0.25) is 4.79 Å². The molecule has 0 saturated heterocycles. The second-order valence-electron chi connectivity index (χ2n) is 4.06. The third-order valence-corrected chi connectivity index (χ3v) is 3.22. The van der Waals surface area contributed by atoms with Gasteiger partial charge in [0.2, 0.25) is 0 Å². The van der Waals surface area contributed by atoms with Crippen LogP contribution in [-0.2, 0) is 0 Å². The molecule has 0 spiro atoms. The molecule has 5 heteroatoms. The molecule has 0 amide bonds. The molecule has 2 rings (SSSR count). The van der Waals surface area contributed by atoms with E-state index < -0.39 is 5.97 Å². The summed E-state index contributed by atoms with van der Waals surface area (Å²) in [5.41, 5.74) is 1.89. The fourth-order valence-electron chi connectivity index (χ4n) is 1.83. The highest BCUT2D eigenvalue weighted by Crippen LogP contribution is 2.26. The molecule has 1 N–H and O–H groups in total. The van der Waals surface area contributed by atoms with Crippen LogP contribution in [0, 0.1) is 6.92 Å². The minimum absolute atomic E-state index is 0.0531. The predicted octanol–water partition coefficient (Wildman–Crippen LogP) is 3.21. The van der Waals surface area contributed by atoms with Crippen molar-refractivity contribution >= 4 is 38.6 Å². The largest absolute Gasteiger partial charge is 0.476 e. The Morgan fingerprint density at radius 3 is 2.50 bits per heavy atom. The van der Waals surface area contributed by atoms with E-state index in [1.165, 1.54) is 6.92 Å². The molecule has 0 unspecified atom stereocenters. The topological polar surface area (TPSA) is 67.3 Å². The molecular formula is C13H10BrNO3. The standard InChI is InChI=1S/C13H10BrNO3/c1-6-3-8(7(2)16)9-5-10(14)12(13(17)18)15-11(9)4-6/h3-5H,1-2H3,(H,17,18). The molecule has 0 aliphatic heterocycles. The molecule has 92 valence electrons. The number of rotatable bonds is 2. The van der Waals surface area contributed by atoms with Crippen LogP contribution in [0.15, 0.2) is 22.7 Å². The normalized spacial score (nSPS) is 10.6. The molecular weight excluding hydrogens is 298 g/mol. The lowest BCUT2D eigenvalue weighted by Gasteiger charge is -2.07. The van der Waals surface area contributed by atoms with Crippen LogP contribution in [0.3, 0.4) is 0 Å². The van der Waals surface area contributed by atoms with Crippen LogP contribution in [0.1, 0.15) is 33.3 Å². The van der Waals surface area contributed by atoms with Crippen LogP contribution >= 0.6 is 15.9 Å². The summed E-state index contributed by atoms with van der Waals surface area (Å²) in [5.74, 6) is -1.17. The van der Waals surface area contributed by atoms with Crippen molar-refractivity contribution in [1.82, 2.24) is 4.98 Å². The number of carboxylic acid groups (broad SMARTS) is 1. The Hall–Kier alpha value is -1.75. The number of carboxylic acids is 1. The van der Waals surface area contributed by atoms with E-state index in [0.717, 1.165) is 5.56 Å². The van der Waals surface area contributed by atoms with Gasteiger partial charge in [-0.25, -0.2) is 9.78 Å². The van der Waals surface area contributed by atoms with Crippen molar-refractivity contribution in [3.63, 3.8) is 0 Å². The first-order valence-corrected chi connectivity index (χ1v) is 6.04. The number of carbonyl (C=O) groups is 2. The molecule has 1 heterocycles. The van der Waals surface area contributed by atoms with Crippen LogP contribution in [0.4, 0.5) is 0 Å². The second kappa shape index (κ2) is 4.49. The first kappa shape index (κ1) is 12.7. The molecule has 2 aromatic rings. The number of pyridine rings is 1. The van der Waals surface area contributed by atoms with Crippen molar-refractivity contribution in [3.05, 3.63) is 39.5 Å². The summed E-state index contributed by atoms with van der Waals surface area (Å²) in [6.45, 7) is 3.32. The number of ketones is 1. The third-order valence-electron chi connectivity index (χ3n) is 2.61. The third kappa shape index (κ3) is 2.13. The number of benzene rings is 1. The van der Waals surface area contributed by atoms with Crippen LogP contribution < -0.4 is 0 Å². The summed E-state index contributed by atoms with van der Waals surface area (Å²) < 4.78 is 0.369. The maximum Gasteiger partial charge on any atom is 0.355 e. The number of carbonyl (C=O) groups excluding carboxylic acids is 1. The van der Waals surface area contributed by atoms with E-state index in [2.05, 4.69) is 20.9 Å². The summed E-state index contributed by atoms with van der Waals surface area (Å²) in [4.78, 5) is 26.7. The molecule has 0 aliphatic carbocycles. The van der Waals surface area contributed by atoms with Gasteiger partial charge in [-0.2, -0.15) is 0 Å². The molecule has 0 saturated carbocycles. The number of aromatic carboxylic acids is 1. The van der Waals surface area contributed by atoms with Crippen molar-refractivity contribution in [2.24, 2.45) is 0 Å². The number of halogens is 1. The quantitative estimate of drug-likeness (QED) is 0.865. The zero-order valence-electron chi connectivity index (χ0n) is 9.82. The molecule has 0 radical (unpaired) electrons. The van der Waals surface area contributed by atoms with Gasteiger partial charge in [-0.15, -0.1) is 0 Å². The lowest BCUT2D eigenvalue weighted by Crippen LogP contribution is -2.04. The Balaban J connectivity index is 2.88.